The third-order valence-corrected chi connectivity index (χ3v) is 5.73. The Bertz CT molecular complexity index is 242. The van der Waals surface area contributed by atoms with Crippen LogP contribution in [0, 0.1) is 23.2 Å². The van der Waals surface area contributed by atoms with Gasteiger partial charge in [0.1, 0.15) is 0 Å². The highest BCUT2D eigenvalue weighted by molar-refractivity contribution is 4.88. The molecule has 1 fully saturated rings. The smallest absolute Gasteiger partial charge is 0.0267 e. The van der Waals surface area contributed by atoms with E-state index in [9.17, 15) is 0 Å². The molecule has 0 heteroatoms. The normalized spacial score (nSPS) is 33.3. The largest absolute Gasteiger partial charge is 0.0654 e. The fraction of sp³-hybridized carbons (Fsp3) is 1.00. The van der Waals surface area contributed by atoms with Crippen LogP contribution in [0.3, 0.4) is 0 Å². The van der Waals surface area contributed by atoms with Crippen molar-refractivity contribution in [2.45, 2.75) is 105 Å². The zero-order chi connectivity index (χ0) is 15.0. The molecule has 0 aliphatic heterocycles. The molecule has 0 aromatic heterocycles. The predicted molar refractivity (Wildman–Crippen MR) is 92.1 cm³/mol. The van der Waals surface area contributed by atoms with Crippen molar-refractivity contribution in [2.24, 2.45) is 23.2 Å². The summed E-state index contributed by atoms with van der Waals surface area (Å²) in [6, 6.07) is 0. The monoisotopic (exact) mass is 280 g/mol. The van der Waals surface area contributed by atoms with E-state index in [4.69, 9.17) is 0 Å². The molecule has 0 nitrogen and oxygen atoms in total. The molecule has 1 saturated carbocycles. The summed E-state index contributed by atoms with van der Waals surface area (Å²) in [5, 5.41) is 0. The standard InChI is InChI=1S/C20H40/c1-6-13-20(16-17(3)4)14-11-9-8-10-12-18(5)15-19(20)7-2/h17-19H,6-16H2,1-5H3. The molecule has 0 bridgehead atoms. The lowest BCUT2D eigenvalue weighted by atomic mass is 9.61. The van der Waals surface area contributed by atoms with Crippen LogP contribution >= 0.6 is 0 Å². The van der Waals surface area contributed by atoms with E-state index in [0.717, 1.165) is 17.8 Å². The molecule has 1 aliphatic rings. The SMILES string of the molecule is CCCC1(CC(C)C)CCCCCCC(C)CC1CC. The van der Waals surface area contributed by atoms with E-state index in [-0.39, 0.29) is 0 Å². The highest BCUT2D eigenvalue weighted by Crippen LogP contribution is 2.48. The van der Waals surface area contributed by atoms with Gasteiger partial charge in [-0.2, -0.15) is 0 Å². The summed E-state index contributed by atoms with van der Waals surface area (Å²) in [4.78, 5) is 0. The van der Waals surface area contributed by atoms with Crippen molar-refractivity contribution in [2.75, 3.05) is 0 Å². The Morgan fingerprint density at radius 1 is 1.05 bits per heavy atom. The van der Waals surface area contributed by atoms with Crippen molar-refractivity contribution >= 4 is 0 Å². The fourth-order valence-electron chi connectivity index (χ4n) is 4.99. The number of hydrogen-bond donors (Lipinski definition) is 0. The summed E-state index contributed by atoms with van der Waals surface area (Å²) < 4.78 is 0. The van der Waals surface area contributed by atoms with Crippen molar-refractivity contribution in [3.05, 3.63) is 0 Å². The van der Waals surface area contributed by atoms with Crippen molar-refractivity contribution in [3.63, 3.8) is 0 Å². The summed E-state index contributed by atoms with van der Waals surface area (Å²) in [5.41, 5.74) is 0.656. The molecule has 0 spiro atoms. The molecule has 3 atom stereocenters. The van der Waals surface area contributed by atoms with E-state index in [1.165, 1.54) is 70.6 Å². The van der Waals surface area contributed by atoms with E-state index >= 15 is 0 Å². The fourth-order valence-corrected chi connectivity index (χ4v) is 4.99. The summed E-state index contributed by atoms with van der Waals surface area (Å²) in [6.45, 7) is 12.2. The van der Waals surface area contributed by atoms with Gasteiger partial charge in [-0.05, 0) is 48.9 Å². The Balaban J connectivity index is 2.93. The number of rotatable bonds is 5. The van der Waals surface area contributed by atoms with Crippen molar-refractivity contribution in [3.8, 4) is 0 Å². The molecule has 0 aromatic rings. The van der Waals surface area contributed by atoms with Gasteiger partial charge in [0.2, 0.25) is 0 Å². The molecule has 3 unspecified atom stereocenters. The zero-order valence-corrected chi connectivity index (χ0v) is 15.0. The van der Waals surface area contributed by atoms with Gasteiger partial charge in [0, 0.05) is 0 Å². The molecule has 0 saturated heterocycles. The third kappa shape index (κ3) is 5.41. The van der Waals surface area contributed by atoms with E-state index in [1.807, 2.05) is 0 Å². The lowest BCUT2D eigenvalue weighted by molar-refractivity contribution is 0.0652. The van der Waals surface area contributed by atoms with Gasteiger partial charge in [-0.1, -0.05) is 79.6 Å². The lowest BCUT2D eigenvalue weighted by Gasteiger charge is -2.44. The topological polar surface area (TPSA) is 0 Å². The molecule has 20 heavy (non-hydrogen) atoms. The Morgan fingerprint density at radius 3 is 2.35 bits per heavy atom. The lowest BCUT2D eigenvalue weighted by Crippen LogP contribution is -2.33. The second-order valence-electron chi connectivity index (χ2n) is 8.11. The maximum Gasteiger partial charge on any atom is -0.0267 e. The summed E-state index contributed by atoms with van der Waals surface area (Å²) in [6.07, 6.45) is 16.1. The predicted octanol–water partition coefficient (Wildman–Crippen LogP) is 7.23. The Labute approximate surface area is 129 Å². The van der Waals surface area contributed by atoms with Gasteiger partial charge < -0.3 is 0 Å². The first-order valence-electron chi connectivity index (χ1n) is 9.54. The van der Waals surface area contributed by atoms with Crippen LogP contribution in [-0.4, -0.2) is 0 Å². The first-order valence-corrected chi connectivity index (χ1v) is 9.54. The van der Waals surface area contributed by atoms with E-state index in [2.05, 4.69) is 34.6 Å². The summed E-state index contributed by atoms with van der Waals surface area (Å²) >= 11 is 0. The maximum atomic E-state index is 2.51. The molecule has 0 N–H and O–H groups in total. The molecule has 120 valence electrons. The van der Waals surface area contributed by atoms with Crippen molar-refractivity contribution < 1.29 is 0 Å². The minimum atomic E-state index is 0.656. The average Bonchev–Trinajstić information content (AvgIpc) is 2.39. The second kappa shape index (κ2) is 9.11. The van der Waals surface area contributed by atoms with Crippen LogP contribution < -0.4 is 0 Å². The van der Waals surface area contributed by atoms with Crippen LogP contribution in [0.25, 0.3) is 0 Å². The van der Waals surface area contributed by atoms with Crippen LogP contribution in [0.1, 0.15) is 105 Å². The molecule has 0 radical (unpaired) electrons. The molecule has 0 heterocycles. The van der Waals surface area contributed by atoms with E-state index in [0.29, 0.717) is 5.41 Å². The zero-order valence-electron chi connectivity index (χ0n) is 15.0. The highest BCUT2D eigenvalue weighted by Gasteiger charge is 2.37. The summed E-state index contributed by atoms with van der Waals surface area (Å²) in [5.74, 6) is 2.77. The van der Waals surface area contributed by atoms with Crippen molar-refractivity contribution in [1.82, 2.24) is 0 Å². The van der Waals surface area contributed by atoms with Crippen LogP contribution in [0.15, 0.2) is 0 Å². The molecule has 1 aliphatic carbocycles. The van der Waals surface area contributed by atoms with Crippen LogP contribution in [0.2, 0.25) is 0 Å². The molecule has 0 aromatic carbocycles. The van der Waals surface area contributed by atoms with Gasteiger partial charge in [0.05, 0.1) is 0 Å². The first-order chi connectivity index (χ1) is 9.54. The van der Waals surface area contributed by atoms with Gasteiger partial charge in [-0.3, -0.25) is 0 Å². The van der Waals surface area contributed by atoms with Crippen molar-refractivity contribution in [1.29, 1.82) is 0 Å². The molecule has 0 amide bonds. The van der Waals surface area contributed by atoms with E-state index in [1.54, 1.807) is 0 Å². The Morgan fingerprint density at radius 2 is 1.75 bits per heavy atom. The van der Waals surface area contributed by atoms with Gasteiger partial charge in [0.25, 0.3) is 0 Å². The van der Waals surface area contributed by atoms with Gasteiger partial charge in [-0.15, -0.1) is 0 Å². The Hall–Kier alpha value is 0. The van der Waals surface area contributed by atoms with E-state index < -0.39 is 0 Å². The average molecular weight is 281 g/mol. The minimum absolute atomic E-state index is 0.656. The molecular weight excluding hydrogens is 240 g/mol. The Kier molecular flexibility index (Phi) is 8.22. The van der Waals surface area contributed by atoms with Crippen LogP contribution in [0.4, 0.5) is 0 Å². The summed E-state index contributed by atoms with van der Waals surface area (Å²) in [7, 11) is 0. The van der Waals surface area contributed by atoms with Gasteiger partial charge in [0.15, 0.2) is 0 Å². The second-order valence-corrected chi connectivity index (χ2v) is 8.11. The maximum absolute atomic E-state index is 2.51. The third-order valence-electron chi connectivity index (χ3n) is 5.73. The van der Waals surface area contributed by atoms with Crippen LogP contribution in [-0.2, 0) is 0 Å². The first kappa shape index (κ1) is 18.1. The highest BCUT2D eigenvalue weighted by atomic mass is 14.4. The molecular formula is C20H40. The quantitative estimate of drug-likeness (QED) is 0.498. The van der Waals surface area contributed by atoms with Crippen LogP contribution in [0.5, 0.6) is 0 Å². The minimum Gasteiger partial charge on any atom is -0.0654 e. The van der Waals surface area contributed by atoms with Gasteiger partial charge in [-0.25, -0.2) is 0 Å². The van der Waals surface area contributed by atoms with Gasteiger partial charge >= 0.3 is 0 Å². The number of hydrogen-bond acceptors (Lipinski definition) is 0. The molecule has 1 rings (SSSR count).